The van der Waals surface area contributed by atoms with E-state index in [2.05, 4.69) is 64.1 Å². The fraction of sp³-hybridized carbons (Fsp3) is 0.238. The van der Waals surface area contributed by atoms with Crippen LogP contribution in [0.5, 0.6) is 0 Å². The van der Waals surface area contributed by atoms with E-state index in [9.17, 15) is 0 Å². The molecule has 0 amide bonds. The van der Waals surface area contributed by atoms with Crippen LogP contribution >= 0.6 is 0 Å². The van der Waals surface area contributed by atoms with Gasteiger partial charge in [0, 0.05) is 50.8 Å². The minimum atomic E-state index is 0. The van der Waals surface area contributed by atoms with E-state index in [0.29, 0.717) is 0 Å². The van der Waals surface area contributed by atoms with Crippen LogP contribution < -0.4 is 0 Å². The summed E-state index contributed by atoms with van der Waals surface area (Å²) in [6.07, 6.45) is 3.87. The molecule has 4 rings (SSSR count). The van der Waals surface area contributed by atoms with Crippen molar-refractivity contribution in [3.8, 4) is 17.1 Å². The standard InChI is InChI=1S/C21H21N4.Ir/c1-13-10-14(2)20(15(3)11-13)25-9-8-22-21(25)17-6-7-18-19(12-17)24(5)16(4)23-18;/h7-12H,1-5H3;/q-1;. The van der Waals surface area contributed by atoms with Gasteiger partial charge < -0.3 is 9.13 Å². The van der Waals surface area contributed by atoms with E-state index in [0.717, 1.165) is 28.2 Å². The van der Waals surface area contributed by atoms with Gasteiger partial charge in [-0.05, 0) is 44.3 Å². The molecule has 0 unspecified atom stereocenters. The molecule has 0 N–H and O–H groups in total. The fourth-order valence-corrected chi connectivity index (χ4v) is 3.62. The molecule has 2 aromatic heterocycles. The third-order valence-electron chi connectivity index (χ3n) is 4.79. The molecule has 0 saturated carbocycles. The predicted molar refractivity (Wildman–Crippen MR) is 101 cm³/mol. The second kappa shape index (κ2) is 6.82. The first-order valence-electron chi connectivity index (χ1n) is 8.42. The van der Waals surface area contributed by atoms with Gasteiger partial charge in [0.15, 0.2) is 0 Å². The van der Waals surface area contributed by atoms with Crippen molar-refractivity contribution in [3.63, 3.8) is 0 Å². The molecule has 0 fully saturated rings. The Morgan fingerprint density at radius 1 is 1.00 bits per heavy atom. The van der Waals surface area contributed by atoms with Crippen LogP contribution in [0.25, 0.3) is 28.1 Å². The van der Waals surface area contributed by atoms with Gasteiger partial charge in [-0.15, -0.1) is 23.8 Å². The van der Waals surface area contributed by atoms with Crippen molar-refractivity contribution < 1.29 is 20.1 Å². The summed E-state index contributed by atoms with van der Waals surface area (Å²) in [5, 5.41) is 0. The Balaban J connectivity index is 0.00000196. The molecule has 0 atom stereocenters. The molecular formula is C21H21IrN4-. The molecule has 135 valence electrons. The van der Waals surface area contributed by atoms with Gasteiger partial charge in [-0.3, -0.25) is 9.97 Å². The average Bonchev–Trinajstić information content (AvgIpc) is 3.12. The van der Waals surface area contributed by atoms with Crippen molar-refractivity contribution in [2.24, 2.45) is 7.05 Å². The summed E-state index contributed by atoms with van der Waals surface area (Å²) in [4.78, 5) is 9.17. The summed E-state index contributed by atoms with van der Waals surface area (Å²) in [5.74, 6) is 1.89. The zero-order chi connectivity index (χ0) is 17.7. The molecule has 5 heteroatoms. The molecular weight excluding hydrogens is 500 g/mol. The molecule has 1 radical (unpaired) electrons. The van der Waals surface area contributed by atoms with E-state index in [1.54, 1.807) is 0 Å². The largest absolute Gasteiger partial charge is 0.349 e. The molecule has 0 aliphatic heterocycles. The van der Waals surface area contributed by atoms with Crippen molar-refractivity contribution in [3.05, 3.63) is 65.2 Å². The summed E-state index contributed by atoms with van der Waals surface area (Å²) in [6, 6.07) is 11.8. The molecule has 0 bridgehead atoms. The number of hydrogen-bond donors (Lipinski definition) is 0. The summed E-state index contributed by atoms with van der Waals surface area (Å²) in [7, 11) is 2.04. The molecule has 26 heavy (non-hydrogen) atoms. The van der Waals surface area contributed by atoms with E-state index >= 15 is 0 Å². The number of fused-ring (bicyclic) bond motifs is 1. The maximum atomic E-state index is 4.61. The Bertz CT molecular complexity index is 1080. The van der Waals surface area contributed by atoms with Crippen LogP contribution in [0.3, 0.4) is 0 Å². The van der Waals surface area contributed by atoms with Gasteiger partial charge in [0.1, 0.15) is 0 Å². The maximum Gasteiger partial charge on any atom is 0.0941 e. The van der Waals surface area contributed by atoms with E-state index in [1.807, 2.05) is 32.4 Å². The number of imidazole rings is 2. The molecule has 0 spiro atoms. The Kier molecular flexibility index (Phi) is 4.87. The smallest absolute Gasteiger partial charge is 0.0941 e. The second-order valence-electron chi connectivity index (χ2n) is 6.70. The van der Waals surface area contributed by atoms with Crippen molar-refractivity contribution in [2.75, 3.05) is 0 Å². The Morgan fingerprint density at radius 3 is 2.38 bits per heavy atom. The molecule has 4 nitrogen and oxygen atoms in total. The predicted octanol–water partition coefficient (Wildman–Crippen LogP) is 4.46. The van der Waals surface area contributed by atoms with Gasteiger partial charge in [-0.1, -0.05) is 17.7 Å². The van der Waals surface area contributed by atoms with Crippen LogP contribution in [0.1, 0.15) is 22.5 Å². The normalized spacial score (nSPS) is 11.0. The quantitative estimate of drug-likeness (QED) is 0.365. The summed E-state index contributed by atoms with van der Waals surface area (Å²) in [5.41, 5.74) is 7.98. The minimum Gasteiger partial charge on any atom is -0.349 e. The van der Waals surface area contributed by atoms with E-state index in [1.165, 1.54) is 22.4 Å². The first-order chi connectivity index (χ1) is 12.0. The van der Waals surface area contributed by atoms with Crippen molar-refractivity contribution >= 4 is 11.0 Å². The average molecular weight is 522 g/mol. The molecule has 2 heterocycles. The molecule has 4 aromatic rings. The van der Waals surface area contributed by atoms with E-state index in [-0.39, 0.29) is 20.1 Å². The van der Waals surface area contributed by atoms with Crippen molar-refractivity contribution in [1.82, 2.24) is 19.1 Å². The van der Waals surface area contributed by atoms with E-state index < -0.39 is 0 Å². The molecule has 2 aromatic carbocycles. The van der Waals surface area contributed by atoms with Gasteiger partial charge in [0.2, 0.25) is 0 Å². The second-order valence-corrected chi connectivity index (χ2v) is 6.70. The number of hydrogen-bond acceptors (Lipinski definition) is 2. The number of aryl methyl sites for hydroxylation is 5. The zero-order valence-corrected chi connectivity index (χ0v) is 18.0. The van der Waals surface area contributed by atoms with Crippen LogP contribution in [0.15, 0.2) is 36.7 Å². The Morgan fingerprint density at radius 2 is 1.69 bits per heavy atom. The maximum absolute atomic E-state index is 4.61. The van der Waals surface area contributed by atoms with Gasteiger partial charge >= 0.3 is 0 Å². The van der Waals surface area contributed by atoms with Crippen molar-refractivity contribution in [1.29, 1.82) is 0 Å². The third-order valence-corrected chi connectivity index (χ3v) is 4.79. The van der Waals surface area contributed by atoms with Gasteiger partial charge in [0.25, 0.3) is 0 Å². The topological polar surface area (TPSA) is 35.6 Å². The van der Waals surface area contributed by atoms with Crippen LogP contribution in [-0.4, -0.2) is 19.1 Å². The minimum absolute atomic E-state index is 0. The third kappa shape index (κ3) is 2.91. The summed E-state index contributed by atoms with van der Waals surface area (Å²) in [6.45, 7) is 8.44. The van der Waals surface area contributed by atoms with E-state index in [4.69, 9.17) is 0 Å². The van der Waals surface area contributed by atoms with Crippen LogP contribution in [-0.2, 0) is 27.2 Å². The van der Waals surface area contributed by atoms with Gasteiger partial charge in [-0.2, -0.15) is 0 Å². The van der Waals surface area contributed by atoms with Crippen LogP contribution in [0.4, 0.5) is 0 Å². The Hall–Kier alpha value is -2.23. The summed E-state index contributed by atoms with van der Waals surface area (Å²) < 4.78 is 4.26. The van der Waals surface area contributed by atoms with Gasteiger partial charge in [0.05, 0.1) is 11.6 Å². The number of rotatable bonds is 2. The summed E-state index contributed by atoms with van der Waals surface area (Å²) >= 11 is 0. The van der Waals surface area contributed by atoms with Crippen molar-refractivity contribution in [2.45, 2.75) is 27.7 Å². The first kappa shape index (κ1) is 18.6. The molecule has 0 aliphatic carbocycles. The van der Waals surface area contributed by atoms with Gasteiger partial charge in [-0.25, -0.2) is 0 Å². The van der Waals surface area contributed by atoms with Crippen LogP contribution in [0, 0.1) is 33.8 Å². The SMILES string of the molecule is Cc1cc(C)c(-n2ccnc2-c2[c-]cc3nc(C)n(C)c3c2)c(C)c1.[Ir]. The monoisotopic (exact) mass is 522 g/mol. The number of nitrogens with zero attached hydrogens (tertiary/aromatic N) is 4. The zero-order valence-electron chi connectivity index (χ0n) is 15.6. The fourth-order valence-electron chi connectivity index (χ4n) is 3.62. The first-order valence-corrected chi connectivity index (χ1v) is 8.42. The molecule has 0 saturated heterocycles. The van der Waals surface area contributed by atoms with Crippen LogP contribution in [0.2, 0.25) is 0 Å². The number of benzene rings is 2. The Labute approximate surface area is 167 Å². The number of aromatic nitrogens is 4. The molecule has 0 aliphatic rings.